The third-order valence-corrected chi connectivity index (χ3v) is 3.28. The zero-order valence-electron chi connectivity index (χ0n) is 10.3. The minimum atomic E-state index is -0.139. The number of amides is 1. The molecule has 0 aliphatic rings. The van der Waals surface area contributed by atoms with Crippen LogP contribution < -0.4 is 5.43 Å². The van der Waals surface area contributed by atoms with Crippen molar-refractivity contribution in [2.45, 2.75) is 24.8 Å². The molecule has 18 heavy (non-hydrogen) atoms. The number of rotatable bonds is 4. The summed E-state index contributed by atoms with van der Waals surface area (Å²) in [5, 5.41) is 8.69. The van der Waals surface area contributed by atoms with Crippen LogP contribution in [0.1, 0.15) is 18.3 Å². The van der Waals surface area contributed by atoms with E-state index in [0.29, 0.717) is 11.0 Å². The van der Waals surface area contributed by atoms with E-state index in [1.807, 2.05) is 18.2 Å². The lowest BCUT2D eigenvalue weighted by Gasteiger charge is -2.07. The first-order chi connectivity index (χ1) is 8.66. The fourth-order valence-electron chi connectivity index (χ4n) is 1.44. The molecular formula is C12H14N4OS. The van der Waals surface area contributed by atoms with Gasteiger partial charge in [-0.05, 0) is 12.5 Å². The molecule has 0 spiro atoms. The Morgan fingerprint density at radius 3 is 2.72 bits per heavy atom. The van der Waals surface area contributed by atoms with Gasteiger partial charge in [-0.15, -0.1) is 10.2 Å². The maximum Gasteiger partial charge on any atom is 0.235 e. The Kier molecular flexibility index (Phi) is 3.99. The van der Waals surface area contributed by atoms with Crippen LogP contribution in [-0.4, -0.2) is 20.8 Å². The van der Waals surface area contributed by atoms with E-state index in [2.05, 4.69) is 27.8 Å². The lowest BCUT2D eigenvalue weighted by Crippen LogP contribution is -2.21. The lowest BCUT2D eigenvalue weighted by atomic mass is 10.2. The van der Waals surface area contributed by atoms with Crippen LogP contribution in [0.15, 0.2) is 35.5 Å². The largest absolute Gasteiger partial charge is 0.274 e. The van der Waals surface area contributed by atoms with E-state index in [0.717, 1.165) is 5.75 Å². The van der Waals surface area contributed by atoms with E-state index in [4.69, 9.17) is 0 Å². The molecule has 0 radical (unpaired) electrons. The predicted octanol–water partition coefficient (Wildman–Crippen LogP) is 1.97. The van der Waals surface area contributed by atoms with Gasteiger partial charge in [0.2, 0.25) is 11.1 Å². The number of thioether (sulfide) groups is 1. The van der Waals surface area contributed by atoms with E-state index >= 15 is 0 Å². The summed E-state index contributed by atoms with van der Waals surface area (Å²) < 4.78 is 1.61. The van der Waals surface area contributed by atoms with Crippen LogP contribution in [0.25, 0.3) is 0 Å². The van der Waals surface area contributed by atoms with Crippen molar-refractivity contribution in [2.75, 3.05) is 5.43 Å². The molecule has 0 saturated carbocycles. The lowest BCUT2D eigenvalue weighted by molar-refractivity contribution is -0.115. The number of nitrogens with zero attached hydrogens (tertiary/aromatic N) is 3. The minimum absolute atomic E-state index is 0.139. The van der Waals surface area contributed by atoms with E-state index < -0.39 is 0 Å². The number of carbonyl (C=O) groups is 1. The fraction of sp³-hybridized carbons (Fsp3) is 0.250. The summed E-state index contributed by atoms with van der Waals surface area (Å²) >= 11 is 1.54. The number of hydrogen-bond donors (Lipinski definition) is 1. The van der Waals surface area contributed by atoms with Crippen molar-refractivity contribution in [1.82, 2.24) is 14.9 Å². The molecule has 0 unspecified atom stereocenters. The molecule has 5 nitrogen and oxygen atoms in total. The number of carbonyl (C=O) groups excluding carboxylic acids is 1. The summed E-state index contributed by atoms with van der Waals surface area (Å²) in [6, 6.07) is 10.1. The maximum atomic E-state index is 11.1. The molecule has 1 amide bonds. The van der Waals surface area contributed by atoms with Crippen molar-refractivity contribution < 1.29 is 4.79 Å². The van der Waals surface area contributed by atoms with Gasteiger partial charge in [0.05, 0.1) is 0 Å². The average molecular weight is 262 g/mol. The molecule has 0 bridgehead atoms. The first-order valence-electron chi connectivity index (χ1n) is 5.53. The Labute approximate surface area is 110 Å². The van der Waals surface area contributed by atoms with E-state index in [-0.39, 0.29) is 5.91 Å². The van der Waals surface area contributed by atoms with Crippen LogP contribution in [0.5, 0.6) is 0 Å². The number of hydrogen-bond acceptors (Lipinski definition) is 4. The highest BCUT2D eigenvalue weighted by atomic mass is 32.2. The van der Waals surface area contributed by atoms with Crippen LogP contribution >= 0.6 is 11.8 Å². The third-order valence-electron chi connectivity index (χ3n) is 2.28. The Morgan fingerprint density at radius 2 is 2.06 bits per heavy atom. The molecule has 1 aromatic carbocycles. The van der Waals surface area contributed by atoms with Crippen molar-refractivity contribution in [3.63, 3.8) is 0 Å². The molecule has 94 valence electrons. The molecule has 0 fully saturated rings. The summed E-state index contributed by atoms with van der Waals surface area (Å²) in [4.78, 5) is 11.1. The van der Waals surface area contributed by atoms with Crippen molar-refractivity contribution in [1.29, 1.82) is 0 Å². The fourth-order valence-corrected chi connectivity index (χ4v) is 2.34. The van der Waals surface area contributed by atoms with E-state index in [1.165, 1.54) is 24.2 Å². The van der Waals surface area contributed by atoms with E-state index in [1.54, 1.807) is 11.6 Å². The highest BCUT2D eigenvalue weighted by molar-refractivity contribution is 7.98. The highest BCUT2D eigenvalue weighted by Crippen LogP contribution is 2.20. The Hall–Kier alpha value is -1.82. The first-order valence-corrected chi connectivity index (χ1v) is 6.51. The topological polar surface area (TPSA) is 59.8 Å². The summed E-state index contributed by atoms with van der Waals surface area (Å²) in [6.07, 6.45) is 0. The van der Waals surface area contributed by atoms with Gasteiger partial charge < -0.3 is 0 Å². The molecule has 1 N–H and O–H groups in total. The maximum absolute atomic E-state index is 11.1. The standard InChI is InChI=1S/C12H14N4OS/c1-9-13-14-12(16(9)15-10(2)17)18-8-11-6-4-3-5-7-11/h3-7H,8H2,1-2H3,(H,15,17). The van der Waals surface area contributed by atoms with Gasteiger partial charge in [0.15, 0.2) is 0 Å². The van der Waals surface area contributed by atoms with Gasteiger partial charge in [-0.3, -0.25) is 10.2 Å². The molecule has 1 heterocycles. The van der Waals surface area contributed by atoms with Crippen molar-refractivity contribution in [3.8, 4) is 0 Å². The smallest absolute Gasteiger partial charge is 0.235 e. The zero-order valence-corrected chi connectivity index (χ0v) is 11.1. The molecule has 0 saturated heterocycles. The second kappa shape index (κ2) is 5.68. The van der Waals surface area contributed by atoms with E-state index in [9.17, 15) is 4.79 Å². The molecule has 0 atom stereocenters. The molecule has 1 aromatic heterocycles. The average Bonchev–Trinajstić information content (AvgIpc) is 2.69. The van der Waals surface area contributed by atoms with Gasteiger partial charge in [-0.1, -0.05) is 42.1 Å². The summed E-state index contributed by atoms with van der Waals surface area (Å²) in [6.45, 7) is 3.26. The second-order valence-corrected chi connectivity index (χ2v) is 4.75. The molecule has 2 aromatic rings. The zero-order chi connectivity index (χ0) is 13.0. The second-order valence-electron chi connectivity index (χ2n) is 3.81. The SMILES string of the molecule is CC(=O)Nn1c(C)nnc1SCc1ccccc1. The Balaban J connectivity index is 2.08. The molecule has 0 aliphatic heterocycles. The molecule has 2 rings (SSSR count). The summed E-state index contributed by atoms with van der Waals surface area (Å²) in [5.74, 6) is 1.32. The monoisotopic (exact) mass is 262 g/mol. The number of benzene rings is 1. The van der Waals surface area contributed by atoms with Gasteiger partial charge in [0, 0.05) is 12.7 Å². The molecular weight excluding hydrogens is 248 g/mol. The van der Waals surface area contributed by atoms with Gasteiger partial charge in [0.25, 0.3) is 0 Å². The molecule has 0 aliphatic carbocycles. The summed E-state index contributed by atoms with van der Waals surface area (Å²) in [7, 11) is 0. The van der Waals surface area contributed by atoms with Crippen LogP contribution in [-0.2, 0) is 10.5 Å². The van der Waals surface area contributed by atoms with Gasteiger partial charge in [-0.25, -0.2) is 4.68 Å². The highest BCUT2D eigenvalue weighted by Gasteiger charge is 2.10. The number of aryl methyl sites for hydroxylation is 1. The van der Waals surface area contributed by atoms with Gasteiger partial charge in [-0.2, -0.15) is 0 Å². The normalized spacial score (nSPS) is 10.3. The van der Waals surface area contributed by atoms with Crippen LogP contribution in [0.3, 0.4) is 0 Å². The Morgan fingerprint density at radius 1 is 1.33 bits per heavy atom. The number of aromatic nitrogens is 3. The van der Waals surface area contributed by atoms with Gasteiger partial charge in [0.1, 0.15) is 5.82 Å². The number of nitrogens with one attached hydrogen (secondary N) is 1. The quantitative estimate of drug-likeness (QED) is 0.856. The predicted molar refractivity (Wildman–Crippen MR) is 70.8 cm³/mol. The van der Waals surface area contributed by atoms with Crippen LogP contribution in [0, 0.1) is 6.92 Å². The Bertz CT molecular complexity index is 538. The summed E-state index contributed by atoms with van der Waals surface area (Å²) in [5.41, 5.74) is 3.90. The van der Waals surface area contributed by atoms with Crippen LogP contribution in [0.4, 0.5) is 0 Å². The molecule has 6 heteroatoms. The van der Waals surface area contributed by atoms with Gasteiger partial charge >= 0.3 is 0 Å². The first kappa shape index (κ1) is 12.6. The third kappa shape index (κ3) is 3.10. The minimum Gasteiger partial charge on any atom is -0.274 e. The van der Waals surface area contributed by atoms with Crippen LogP contribution in [0.2, 0.25) is 0 Å². The van der Waals surface area contributed by atoms with Crippen molar-refractivity contribution in [2.24, 2.45) is 0 Å². The van der Waals surface area contributed by atoms with Crippen molar-refractivity contribution >= 4 is 17.7 Å². The van der Waals surface area contributed by atoms with Crippen molar-refractivity contribution in [3.05, 3.63) is 41.7 Å².